The number of unbranched alkanes of at least 4 members (excludes halogenated alkanes) is 1. The van der Waals surface area contributed by atoms with Crippen LogP contribution in [0.5, 0.6) is 5.75 Å². The van der Waals surface area contributed by atoms with E-state index in [-0.39, 0.29) is 25.7 Å². The van der Waals surface area contributed by atoms with Crippen LogP contribution in [-0.2, 0) is 36.4 Å². The maximum Gasteiger partial charge on any atom is 0.511 e. The Balaban J connectivity index is 1.57. The molecule has 0 saturated carbocycles. The van der Waals surface area contributed by atoms with E-state index in [0.717, 1.165) is 11.1 Å². The molecule has 45 heavy (non-hydrogen) atoms. The summed E-state index contributed by atoms with van der Waals surface area (Å²) < 4.78 is 28.9. The molecule has 3 aromatic rings. The van der Waals surface area contributed by atoms with Gasteiger partial charge in [0.25, 0.3) is 0 Å². The number of benzene rings is 3. The fourth-order valence-corrected chi connectivity index (χ4v) is 5.49. The first-order valence-corrected chi connectivity index (χ1v) is 16.1. The number of aliphatic hydroxyl groups is 1. The number of amides is 1. The molecule has 1 amide bonds. The molecule has 0 aliphatic carbocycles. The number of methoxy groups -OCH3 is 1. The van der Waals surface area contributed by atoms with E-state index in [1.54, 1.807) is 24.3 Å². The molecule has 0 radical (unpaired) electrons. The summed E-state index contributed by atoms with van der Waals surface area (Å²) in [4.78, 5) is 37.6. The topological polar surface area (TPSA) is 160 Å². The first-order valence-electron chi connectivity index (χ1n) is 14.7. The second kappa shape index (κ2) is 19.2. The van der Waals surface area contributed by atoms with Gasteiger partial charge in [-0.15, -0.1) is 4.52 Å². The van der Waals surface area contributed by atoms with Crippen LogP contribution in [0.1, 0.15) is 36.8 Å². The van der Waals surface area contributed by atoms with Gasteiger partial charge in [0, 0.05) is 12.2 Å². The number of hydrogen-bond acceptors (Lipinski definition) is 9. The van der Waals surface area contributed by atoms with E-state index in [1.807, 2.05) is 60.7 Å². The van der Waals surface area contributed by atoms with Crippen LogP contribution in [0.15, 0.2) is 84.9 Å². The quantitative estimate of drug-likeness (QED) is 0.0721. The zero-order chi connectivity index (χ0) is 32.4. The van der Waals surface area contributed by atoms with Gasteiger partial charge >= 0.3 is 20.1 Å². The summed E-state index contributed by atoms with van der Waals surface area (Å²) >= 11 is 0. The molecule has 4 N–H and O–H groups in total. The largest absolute Gasteiger partial charge is 0.511 e. The number of rotatable bonds is 20. The summed E-state index contributed by atoms with van der Waals surface area (Å²) in [5, 5.41) is 25.7. The third-order valence-electron chi connectivity index (χ3n) is 6.84. The summed E-state index contributed by atoms with van der Waals surface area (Å²) in [6.07, 6.45) is -1.33. The van der Waals surface area contributed by atoms with E-state index in [0.29, 0.717) is 37.1 Å². The number of carbonyl (C=O) groups excluding carboxylic acids is 2. The van der Waals surface area contributed by atoms with E-state index in [4.69, 9.17) is 14.0 Å². The summed E-state index contributed by atoms with van der Waals surface area (Å²) in [6, 6.07) is 23.5. The first kappa shape index (κ1) is 35.2. The van der Waals surface area contributed by atoms with Gasteiger partial charge in [0.1, 0.15) is 18.5 Å². The summed E-state index contributed by atoms with van der Waals surface area (Å²) in [7, 11) is -0.995. The number of aliphatic hydroxyl groups excluding tert-OH is 1. The molecule has 3 rings (SSSR count). The van der Waals surface area contributed by atoms with Crippen LogP contribution in [0.3, 0.4) is 0 Å². The number of hydrogen-bond donors (Lipinski definition) is 4. The third-order valence-corrected chi connectivity index (χ3v) is 8.05. The Kier molecular flexibility index (Phi) is 15.0. The Labute approximate surface area is 263 Å². The molecule has 0 fully saturated rings. The maximum atomic E-state index is 13.5. The minimum atomic E-state index is -2.49. The number of aliphatic carboxylic acids is 1. The number of anilines is 1. The lowest BCUT2D eigenvalue weighted by Crippen LogP contribution is -2.44. The number of aryl methyl sites for hydroxylation is 1. The van der Waals surface area contributed by atoms with Gasteiger partial charge in [-0.2, -0.15) is 0 Å². The molecule has 3 aromatic carbocycles. The number of Topliss-reactive ketones (excluding diaryl/α,β-unsaturated/α-hetero) is 1. The van der Waals surface area contributed by atoms with Crippen LogP contribution in [0.4, 0.5) is 10.5 Å². The molecule has 0 saturated heterocycles. The number of alkyl carbamates (subject to hydrolysis) is 1. The van der Waals surface area contributed by atoms with Gasteiger partial charge in [0.15, 0.2) is 17.9 Å². The minimum Gasteiger partial charge on any atom is -0.497 e. The molecule has 4 atom stereocenters. The standard InChI is InChI=1S/C33H39N2O9P/c1-42-28-19-16-26(17-20-28)35-30(32(38)39)31(37)29(44-45(41)23-27(36)18-15-24-10-4-2-5-11-24)14-8-9-21-34-33(40)43-22-25-12-6-3-7-13-25/h2-7,10-13,16-17,19-20,27,29-30,35-36H,8-9,14-15,18,21-23H2,1H3,(H-,34,38,39,40)/p+1. The molecule has 240 valence electrons. The molecule has 12 heteroatoms. The normalized spacial score (nSPS) is 13.2. The van der Waals surface area contributed by atoms with Crippen molar-refractivity contribution in [2.75, 3.05) is 25.1 Å². The van der Waals surface area contributed by atoms with Gasteiger partial charge in [-0.3, -0.25) is 4.79 Å². The van der Waals surface area contributed by atoms with Crippen LogP contribution < -0.4 is 15.4 Å². The van der Waals surface area contributed by atoms with E-state index in [2.05, 4.69) is 10.6 Å². The molecule has 0 bridgehead atoms. The second-order valence-corrected chi connectivity index (χ2v) is 11.6. The smallest absolute Gasteiger partial charge is 0.497 e. The average Bonchev–Trinajstić information content (AvgIpc) is 3.05. The second-order valence-electron chi connectivity index (χ2n) is 10.3. The van der Waals surface area contributed by atoms with Crippen LogP contribution in [0.25, 0.3) is 0 Å². The molecule has 0 aromatic heterocycles. The fraction of sp³-hybridized carbons (Fsp3) is 0.364. The lowest BCUT2D eigenvalue weighted by atomic mass is 10.0. The fourth-order valence-electron chi connectivity index (χ4n) is 4.39. The summed E-state index contributed by atoms with van der Waals surface area (Å²) in [5.74, 6) is -1.68. The highest BCUT2D eigenvalue weighted by Crippen LogP contribution is 2.30. The van der Waals surface area contributed by atoms with Crippen molar-refractivity contribution < 1.29 is 43.2 Å². The van der Waals surface area contributed by atoms with Gasteiger partial charge in [-0.25, -0.2) is 9.59 Å². The molecular formula is C33H40N2O9P+. The Morgan fingerprint density at radius 3 is 2.13 bits per heavy atom. The van der Waals surface area contributed by atoms with Gasteiger partial charge in [0.2, 0.25) is 6.16 Å². The molecule has 0 aliphatic heterocycles. The number of carboxylic acid groups (broad SMARTS) is 1. The molecule has 0 heterocycles. The minimum absolute atomic E-state index is 0.0504. The number of carboxylic acids is 1. The Bertz CT molecular complexity index is 1360. The van der Waals surface area contributed by atoms with E-state index in [9.17, 15) is 29.2 Å². The van der Waals surface area contributed by atoms with Gasteiger partial charge in [-0.05, 0) is 72.1 Å². The molecule has 0 aliphatic rings. The zero-order valence-electron chi connectivity index (χ0n) is 25.2. The third kappa shape index (κ3) is 13.1. The van der Waals surface area contributed by atoms with E-state index >= 15 is 0 Å². The molecular weight excluding hydrogens is 599 g/mol. The highest BCUT2D eigenvalue weighted by Gasteiger charge is 2.38. The van der Waals surface area contributed by atoms with Crippen LogP contribution >= 0.6 is 8.03 Å². The predicted molar refractivity (Wildman–Crippen MR) is 170 cm³/mol. The number of ketones is 1. The highest BCUT2D eigenvalue weighted by molar-refractivity contribution is 7.39. The maximum absolute atomic E-state index is 13.5. The molecule has 11 nitrogen and oxygen atoms in total. The van der Waals surface area contributed by atoms with Crippen molar-refractivity contribution in [2.24, 2.45) is 0 Å². The Morgan fingerprint density at radius 2 is 1.51 bits per heavy atom. The highest BCUT2D eigenvalue weighted by atomic mass is 31.1. The zero-order valence-corrected chi connectivity index (χ0v) is 26.1. The number of nitrogens with one attached hydrogen (secondary N) is 2. The van der Waals surface area contributed by atoms with Crippen LogP contribution in [-0.4, -0.2) is 66.1 Å². The van der Waals surface area contributed by atoms with Crippen LogP contribution in [0, 0.1) is 0 Å². The van der Waals surface area contributed by atoms with Crippen molar-refractivity contribution in [3.8, 4) is 5.75 Å². The summed E-state index contributed by atoms with van der Waals surface area (Å²) in [5.41, 5.74) is 2.24. The number of carbonyl (C=O) groups is 3. The first-order chi connectivity index (χ1) is 21.7. The van der Waals surface area contributed by atoms with Crippen molar-refractivity contribution in [1.29, 1.82) is 0 Å². The predicted octanol–water partition coefficient (Wildman–Crippen LogP) is 5.35. The van der Waals surface area contributed by atoms with Crippen LogP contribution in [0.2, 0.25) is 0 Å². The summed E-state index contributed by atoms with van der Waals surface area (Å²) in [6.45, 7) is 0.366. The van der Waals surface area contributed by atoms with E-state index in [1.165, 1.54) is 7.11 Å². The lowest BCUT2D eigenvalue weighted by molar-refractivity contribution is -0.143. The van der Waals surface area contributed by atoms with Crippen molar-refractivity contribution in [2.45, 2.75) is 57.0 Å². The Morgan fingerprint density at radius 1 is 0.867 bits per heavy atom. The van der Waals surface area contributed by atoms with Crippen molar-refractivity contribution in [1.82, 2.24) is 5.32 Å². The van der Waals surface area contributed by atoms with Gasteiger partial charge in [-0.1, -0.05) is 60.7 Å². The van der Waals surface area contributed by atoms with E-state index < -0.39 is 44.1 Å². The van der Waals surface area contributed by atoms with Crippen molar-refractivity contribution in [3.63, 3.8) is 0 Å². The number of ether oxygens (including phenoxy) is 2. The SMILES string of the molecule is COc1ccc(NC(C(=O)O)C(=O)C(CCCCNC(=O)OCc2ccccc2)O[P+](=O)CC(O)CCc2ccccc2)cc1. The lowest BCUT2D eigenvalue weighted by Gasteiger charge is -2.19. The monoisotopic (exact) mass is 639 g/mol. The van der Waals surface area contributed by atoms with Gasteiger partial charge < -0.3 is 30.3 Å². The van der Waals surface area contributed by atoms with Crippen molar-refractivity contribution >= 4 is 31.6 Å². The average molecular weight is 640 g/mol. The molecule has 0 spiro atoms. The van der Waals surface area contributed by atoms with Crippen molar-refractivity contribution in [3.05, 3.63) is 96.1 Å². The van der Waals surface area contributed by atoms with Gasteiger partial charge in [0.05, 0.1) is 7.11 Å². The molecule has 4 unspecified atom stereocenters. The Hall–Kier alpha value is -4.31.